The number of hydrogen-bond acceptors (Lipinski definition) is 4. The van der Waals surface area contributed by atoms with E-state index in [0.29, 0.717) is 11.0 Å². The van der Waals surface area contributed by atoms with E-state index in [0.717, 1.165) is 42.7 Å². The number of benzene rings is 1. The van der Waals surface area contributed by atoms with E-state index in [1.807, 2.05) is 12.1 Å². The lowest BCUT2D eigenvalue weighted by molar-refractivity contribution is 0.195. The van der Waals surface area contributed by atoms with Crippen LogP contribution < -0.4 is 5.69 Å². The molecule has 1 aliphatic rings. The first kappa shape index (κ1) is 15.3. The molecule has 120 valence electrons. The maximum absolute atomic E-state index is 12.7. The van der Waals surface area contributed by atoms with Crippen molar-refractivity contribution in [3.63, 3.8) is 0 Å². The highest BCUT2D eigenvalue weighted by Gasteiger charge is 2.26. The molecule has 22 heavy (non-hydrogen) atoms. The van der Waals surface area contributed by atoms with Gasteiger partial charge in [0.1, 0.15) is 0 Å². The summed E-state index contributed by atoms with van der Waals surface area (Å²) in [5, 5.41) is 0. The van der Waals surface area contributed by atoms with Gasteiger partial charge in [-0.05, 0) is 31.5 Å². The third kappa shape index (κ3) is 2.48. The van der Waals surface area contributed by atoms with Crippen molar-refractivity contribution < 1.29 is 8.42 Å². The van der Waals surface area contributed by atoms with Crippen LogP contribution in [0, 0.1) is 0 Å². The van der Waals surface area contributed by atoms with Gasteiger partial charge in [0.25, 0.3) is 0 Å². The lowest BCUT2D eigenvalue weighted by Crippen LogP contribution is -2.38. The summed E-state index contributed by atoms with van der Waals surface area (Å²) in [4.78, 5) is 15.1. The molecule has 0 aliphatic carbocycles. The second kappa shape index (κ2) is 5.55. The number of hydrogen-bond donors (Lipinski definition) is 0. The molecular formula is C15H21N3O3S. The predicted octanol–water partition coefficient (Wildman–Crippen LogP) is 1.27. The van der Waals surface area contributed by atoms with Crippen LogP contribution in [0.3, 0.4) is 0 Å². The van der Waals surface area contributed by atoms with E-state index in [1.165, 1.54) is 0 Å². The van der Waals surface area contributed by atoms with Crippen LogP contribution in [-0.2, 0) is 10.0 Å². The second-order valence-corrected chi connectivity index (χ2v) is 7.67. The van der Waals surface area contributed by atoms with Gasteiger partial charge in [0, 0.05) is 19.1 Å². The molecular weight excluding hydrogens is 302 g/mol. The highest BCUT2D eigenvalue weighted by Crippen LogP contribution is 2.26. The monoisotopic (exact) mass is 323 g/mol. The van der Waals surface area contributed by atoms with Crippen LogP contribution in [0.1, 0.15) is 25.8 Å². The van der Waals surface area contributed by atoms with Gasteiger partial charge in [0.15, 0.2) is 0 Å². The van der Waals surface area contributed by atoms with E-state index in [9.17, 15) is 13.2 Å². The van der Waals surface area contributed by atoms with E-state index in [-0.39, 0.29) is 6.04 Å². The molecule has 6 nitrogen and oxygen atoms in total. The summed E-state index contributed by atoms with van der Waals surface area (Å²) in [5.41, 5.74) is 0.722. The van der Waals surface area contributed by atoms with Gasteiger partial charge < -0.3 is 4.90 Å². The highest BCUT2D eigenvalue weighted by atomic mass is 32.2. The molecule has 0 N–H and O–H groups in total. The predicted molar refractivity (Wildman–Crippen MR) is 86.8 cm³/mol. The van der Waals surface area contributed by atoms with Crippen molar-refractivity contribution in [3.8, 4) is 0 Å². The SMILES string of the molecule is CCN1CCC(n2c(=O)n(S(C)(=O)=O)c3ccccc32)CC1. The standard InChI is InChI=1S/C15H21N3O3S/c1-3-16-10-8-12(9-11-16)17-13-6-4-5-7-14(13)18(15(17)19)22(2,20)21/h4-7,12H,3,8-11H2,1-2H3. The van der Waals surface area contributed by atoms with Crippen LogP contribution in [0.5, 0.6) is 0 Å². The molecule has 1 aromatic carbocycles. The number of likely N-dealkylation sites (tertiary alicyclic amines) is 1. The summed E-state index contributed by atoms with van der Waals surface area (Å²) in [5.74, 6) is 0. The molecule has 0 radical (unpaired) electrons. The van der Waals surface area contributed by atoms with Gasteiger partial charge in [-0.25, -0.2) is 13.2 Å². The van der Waals surface area contributed by atoms with Crippen molar-refractivity contribution in [3.05, 3.63) is 34.7 Å². The van der Waals surface area contributed by atoms with Crippen molar-refractivity contribution in [1.82, 2.24) is 13.4 Å². The fourth-order valence-electron chi connectivity index (χ4n) is 3.31. The third-order valence-electron chi connectivity index (χ3n) is 4.44. The van der Waals surface area contributed by atoms with Gasteiger partial charge in [-0.2, -0.15) is 3.97 Å². The quantitative estimate of drug-likeness (QED) is 0.853. The molecule has 7 heteroatoms. The van der Waals surface area contributed by atoms with E-state index in [2.05, 4.69) is 11.8 Å². The fourth-order valence-corrected chi connectivity index (χ4v) is 4.19. The zero-order valence-corrected chi connectivity index (χ0v) is 13.7. The Morgan fingerprint density at radius 2 is 1.73 bits per heavy atom. The van der Waals surface area contributed by atoms with Gasteiger partial charge in [-0.1, -0.05) is 19.1 Å². The van der Waals surface area contributed by atoms with E-state index >= 15 is 0 Å². The van der Waals surface area contributed by atoms with Crippen molar-refractivity contribution in [2.75, 3.05) is 25.9 Å². The third-order valence-corrected chi connectivity index (χ3v) is 5.46. The number of piperidine rings is 1. The molecule has 0 amide bonds. The molecule has 1 aliphatic heterocycles. The molecule has 2 heterocycles. The molecule has 0 bridgehead atoms. The van der Waals surface area contributed by atoms with Crippen LogP contribution in [0.15, 0.2) is 29.1 Å². The summed E-state index contributed by atoms with van der Waals surface area (Å²) in [6, 6.07) is 7.17. The molecule has 2 aromatic rings. The number of para-hydroxylation sites is 2. The average molecular weight is 323 g/mol. The van der Waals surface area contributed by atoms with Crippen molar-refractivity contribution in [1.29, 1.82) is 0 Å². The van der Waals surface area contributed by atoms with Crippen molar-refractivity contribution in [2.45, 2.75) is 25.8 Å². The van der Waals surface area contributed by atoms with E-state index in [1.54, 1.807) is 16.7 Å². The Labute approximate surface area is 130 Å². The van der Waals surface area contributed by atoms with Crippen LogP contribution >= 0.6 is 0 Å². The summed E-state index contributed by atoms with van der Waals surface area (Å²) >= 11 is 0. The van der Waals surface area contributed by atoms with Gasteiger partial charge in [0.05, 0.1) is 17.3 Å². The second-order valence-electron chi connectivity index (χ2n) is 5.83. The molecule has 0 spiro atoms. The number of imidazole rings is 1. The Balaban J connectivity index is 2.15. The number of nitrogens with zero attached hydrogens (tertiary/aromatic N) is 3. The molecule has 1 saturated heterocycles. The largest absolute Gasteiger partial charge is 0.343 e. The molecule has 1 fully saturated rings. The average Bonchev–Trinajstić information content (AvgIpc) is 2.79. The Hall–Kier alpha value is -1.60. The summed E-state index contributed by atoms with van der Waals surface area (Å²) < 4.78 is 26.6. The van der Waals surface area contributed by atoms with Crippen LogP contribution in [0.2, 0.25) is 0 Å². The minimum atomic E-state index is -3.62. The van der Waals surface area contributed by atoms with E-state index in [4.69, 9.17) is 0 Å². The topological polar surface area (TPSA) is 64.3 Å². The van der Waals surface area contributed by atoms with Crippen LogP contribution in [-0.4, -0.2) is 47.7 Å². The van der Waals surface area contributed by atoms with Gasteiger partial charge in [-0.15, -0.1) is 0 Å². The lowest BCUT2D eigenvalue weighted by Gasteiger charge is -2.31. The number of rotatable bonds is 3. The first-order valence-electron chi connectivity index (χ1n) is 7.58. The van der Waals surface area contributed by atoms with Crippen molar-refractivity contribution >= 4 is 21.1 Å². The summed E-state index contributed by atoms with van der Waals surface area (Å²) in [6.45, 7) is 5.01. The first-order valence-corrected chi connectivity index (χ1v) is 9.43. The minimum absolute atomic E-state index is 0.0585. The maximum atomic E-state index is 12.7. The van der Waals surface area contributed by atoms with Crippen molar-refractivity contribution in [2.24, 2.45) is 0 Å². The van der Waals surface area contributed by atoms with Crippen LogP contribution in [0.4, 0.5) is 0 Å². The lowest BCUT2D eigenvalue weighted by atomic mass is 10.0. The van der Waals surface area contributed by atoms with Gasteiger partial charge in [0.2, 0.25) is 10.0 Å². The fraction of sp³-hybridized carbons (Fsp3) is 0.533. The summed E-state index contributed by atoms with van der Waals surface area (Å²) in [6.07, 6.45) is 2.81. The highest BCUT2D eigenvalue weighted by molar-refractivity contribution is 7.89. The Morgan fingerprint density at radius 3 is 2.27 bits per heavy atom. The Bertz CT molecular complexity index is 843. The van der Waals surface area contributed by atoms with Gasteiger partial charge in [-0.3, -0.25) is 4.57 Å². The first-order chi connectivity index (χ1) is 10.4. The smallest absolute Gasteiger partial charge is 0.303 e. The number of fused-ring (bicyclic) bond motifs is 1. The minimum Gasteiger partial charge on any atom is -0.303 e. The molecule has 0 saturated carbocycles. The zero-order valence-electron chi connectivity index (χ0n) is 12.9. The Morgan fingerprint density at radius 1 is 1.14 bits per heavy atom. The normalized spacial score (nSPS) is 18.1. The maximum Gasteiger partial charge on any atom is 0.343 e. The molecule has 0 atom stereocenters. The molecule has 0 unspecified atom stereocenters. The number of aromatic nitrogens is 2. The molecule has 3 rings (SSSR count). The van der Waals surface area contributed by atoms with Gasteiger partial charge >= 0.3 is 5.69 Å². The molecule has 1 aromatic heterocycles. The van der Waals surface area contributed by atoms with E-state index < -0.39 is 15.7 Å². The van der Waals surface area contributed by atoms with Crippen LogP contribution in [0.25, 0.3) is 11.0 Å². The summed E-state index contributed by atoms with van der Waals surface area (Å²) in [7, 11) is -3.62. The Kier molecular flexibility index (Phi) is 3.86. The zero-order chi connectivity index (χ0) is 15.9.